The van der Waals surface area contributed by atoms with Crippen LogP contribution in [0.1, 0.15) is 25.0 Å². The maximum absolute atomic E-state index is 2.43. The number of anilines is 2. The van der Waals surface area contributed by atoms with Gasteiger partial charge in [-0.1, -0.05) is 42.5 Å². The smallest absolute Gasteiger partial charge is 0.0492 e. The summed E-state index contributed by atoms with van der Waals surface area (Å²) < 4.78 is 0. The Labute approximate surface area is 133 Å². The van der Waals surface area contributed by atoms with E-state index >= 15 is 0 Å². The Morgan fingerprint density at radius 3 is 2.09 bits per heavy atom. The molecular weight excluding hydrogens is 266 g/mol. The van der Waals surface area contributed by atoms with Gasteiger partial charge in [0.1, 0.15) is 0 Å². The van der Waals surface area contributed by atoms with E-state index in [0.29, 0.717) is 6.04 Å². The highest BCUT2D eigenvalue weighted by atomic mass is 15.2. The molecule has 0 aromatic heterocycles. The third-order valence-electron chi connectivity index (χ3n) is 4.03. The van der Waals surface area contributed by atoms with E-state index in [4.69, 9.17) is 0 Å². The van der Waals surface area contributed by atoms with Crippen molar-refractivity contribution in [2.45, 2.75) is 33.7 Å². The molecule has 1 nitrogen and oxygen atoms in total. The standard InChI is InChI=1S/C21H23N/c1-15(2)22(19-13-16(3)12-17(4)14-19)21-11-7-9-18-8-5-6-10-20(18)21/h5-15H,1-4H3. The maximum atomic E-state index is 2.43. The SMILES string of the molecule is Cc1cc(C)cc(N(c2cccc3ccccc23)C(C)C)c1. The van der Waals surface area contributed by atoms with Crippen LogP contribution in [0.5, 0.6) is 0 Å². The lowest BCUT2D eigenvalue weighted by molar-refractivity contribution is 0.790. The Morgan fingerprint density at radius 2 is 1.41 bits per heavy atom. The first-order valence-corrected chi connectivity index (χ1v) is 7.91. The Kier molecular flexibility index (Phi) is 3.89. The van der Waals surface area contributed by atoms with Crippen LogP contribution in [0.4, 0.5) is 11.4 Å². The van der Waals surface area contributed by atoms with Gasteiger partial charge in [0.25, 0.3) is 0 Å². The van der Waals surface area contributed by atoms with Gasteiger partial charge in [0, 0.05) is 22.8 Å². The van der Waals surface area contributed by atoms with Crippen LogP contribution in [0, 0.1) is 13.8 Å². The van der Waals surface area contributed by atoms with E-state index in [1.807, 2.05) is 0 Å². The zero-order chi connectivity index (χ0) is 15.7. The molecule has 0 heterocycles. The summed E-state index contributed by atoms with van der Waals surface area (Å²) in [7, 11) is 0. The molecule has 0 bridgehead atoms. The van der Waals surface area contributed by atoms with Gasteiger partial charge in [-0.15, -0.1) is 0 Å². The lowest BCUT2D eigenvalue weighted by Crippen LogP contribution is -2.25. The lowest BCUT2D eigenvalue weighted by atomic mass is 10.0. The molecule has 0 unspecified atom stereocenters. The van der Waals surface area contributed by atoms with Gasteiger partial charge in [0.2, 0.25) is 0 Å². The summed E-state index contributed by atoms with van der Waals surface area (Å²) >= 11 is 0. The molecule has 0 radical (unpaired) electrons. The van der Waals surface area contributed by atoms with Crippen LogP contribution in [0.25, 0.3) is 10.8 Å². The van der Waals surface area contributed by atoms with Crippen LogP contribution in [0.2, 0.25) is 0 Å². The first-order chi connectivity index (χ1) is 10.6. The van der Waals surface area contributed by atoms with Crippen molar-refractivity contribution >= 4 is 22.1 Å². The van der Waals surface area contributed by atoms with Gasteiger partial charge in [-0.05, 0) is 62.4 Å². The van der Waals surface area contributed by atoms with Crippen LogP contribution in [-0.4, -0.2) is 6.04 Å². The van der Waals surface area contributed by atoms with E-state index in [-0.39, 0.29) is 0 Å². The third-order valence-corrected chi connectivity index (χ3v) is 4.03. The zero-order valence-electron chi connectivity index (χ0n) is 13.8. The largest absolute Gasteiger partial charge is 0.338 e. The highest BCUT2D eigenvalue weighted by molar-refractivity contribution is 5.96. The van der Waals surface area contributed by atoms with E-state index in [1.165, 1.54) is 33.3 Å². The molecule has 3 rings (SSSR count). The summed E-state index contributed by atoms with van der Waals surface area (Å²) in [6, 6.07) is 22.3. The normalized spacial score (nSPS) is 11.1. The summed E-state index contributed by atoms with van der Waals surface area (Å²) in [6.07, 6.45) is 0. The van der Waals surface area contributed by atoms with Crippen molar-refractivity contribution in [2.24, 2.45) is 0 Å². The molecule has 0 atom stereocenters. The van der Waals surface area contributed by atoms with Crippen LogP contribution in [0.3, 0.4) is 0 Å². The molecule has 0 spiro atoms. The first-order valence-electron chi connectivity index (χ1n) is 7.91. The van der Waals surface area contributed by atoms with Crippen molar-refractivity contribution in [1.29, 1.82) is 0 Å². The molecule has 22 heavy (non-hydrogen) atoms. The van der Waals surface area contributed by atoms with Crippen molar-refractivity contribution in [3.05, 3.63) is 71.8 Å². The number of nitrogens with zero attached hydrogens (tertiary/aromatic N) is 1. The van der Waals surface area contributed by atoms with Crippen molar-refractivity contribution in [3.63, 3.8) is 0 Å². The maximum Gasteiger partial charge on any atom is 0.0492 e. The second-order valence-electron chi connectivity index (χ2n) is 6.31. The fraction of sp³-hybridized carbons (Fsp3) is 0.238. The second kappa shape index (κ2) is 5.84. The van der Waals surface area contributed by atoms with Gasteiger partial charge >= 0.3 is 0 Å². The summed E-state index contributed by atoms with van der Waals surface area (Å²) in [5.74, 6) is 0. The number of aryl methyl sites for hydroxylation is 2. The molecule has 0 saturated carbocycles. The number of rotatable bonds is 3. The van der Waals surface area contributed by atoms with Gasteiger partial charge in [0.15, 0.2) is 0 Å². The number of benzene rings is 3. The van der Waals surface area contributed by atoms with Crippen molar-refractivity contribution in [3.8, 4) is 0 Å². The summed E-state index contributed by atoms with van der Waals surface area (Å²) in [5.41, 5.74) is 5.16. The number of hydrogen-bond acceptors (Lipinski definition) is 1. The molecule has 0 N–H and O–H groups in total. The number of fused-ring (bicyclic) bond motifs is 1. The van der Waals surface area contributed by atoms with E-state index in [1.54, 1.807) is 0 Å². The summed E-state index contributed by atoms with van der Waals surface area (Å²) in [6.45, 7) is 8.83. The summed E-state index contributed by atoms with van der Waals surface area (Å²) in [4.78, 5) is 2.43. The van der Waals surface area contributed by atoms with Crippen molar-refractivity contribution in [1.82, 2.24) is 0 Å². The van der Waals surface area contributed by atoms with Crippen LogP contribution < -0.4 is 4.90 Å². The van der Waals surface area contributed by atoms with Gasteiger partial charge in [-0.3, -0.25) is 0 Å². The van der Waals surface area contributed by atoms with Crippen LogP contribution in [-0.2, 0) is 0 Å². The predicted molar refractivity (Wildman–Crippen MR) is 97.1 cm³/mol. The minimum Gasteiger partial charge on any atom is -0.338 e. The van der Waals surface area contributed by atoms with E-state index in [0.717, 1.165) is 0 Å². The minimum absolute atomic E-state index is 0.395. The Bertz CT molecular complexity index is 776. The Hall–Kier alpha value is -2.28. The fourth-order valence-electron chi connectivity index (χ4n) is 3.22. The predicted octanol–water partition coefficient (Wildman–Crippen LogP) is 6.00. The third kappa shape index (κ3) is 2.71. The number of hydrogen-bond donors (Lipinski definition) is 0. The minimum atomic E-state index is 0.395. The van der Waals surface area contributed by atoms with Gasteiger partial charge < -0.3 is 4.90 Å². The Balaban J connectivity index is 2.23. The molecule has 3 aromatic carbocycles. The van der Waals surface area contributed by atoms with E-state index in [9.17, 15) is 0 Å². The van der Waals surface area contributed by atoms with Gasteiger partial charge in [0.05, 0.1) is 0 Å². The van der Waals surface area contributed by atoms with E-state index < -0.39 is 0 Å². The van der Waals surface area contributed by atoms with Crippen LogP contribution in [0.15, 0.2) is 60.7 Å². The molecular formula is C21H23N. The molecule has 0 fully saturated rings. The molecule has 0 saturated heterocycles. The molecule has 112 valence electrons. The monoisotopic (exact) mass is 289 g/mol. The Morgan fingerprint density at radius 1 is 0.773 bits per heavy atom. The van der Waals surface area contributed by atoms with Gasteiger partial charge in [-0.2, -0.15) is 0 Å². The zero-order valence-corrected chi connectivity index (χ0v) is 13.8. The quantitative estimate of drug-likeness (QED) is 0.571. The van der Waals surface area contributed by atoms with Crippen molar-refractivity contribution in [2.75, 3.05) is 4.90 Å². The second-order valence-corrected chi connectivity index (χ2v) is 6.31. The van der Waals surface area contributed by atoms with E-state index in [2.05, 4.69) is 93.3 Å². The summed E-state index contributed by atoms with van der Waals surface area (Å²) in [5, 5.41) is 2.59. The lowest BCUT2D eigenvalue weighted by Gasteiger charge is -2.31. The van der Waals surface area contributed by atoms with Crippen molar-refractivity contribution < 1.29 is 0 Å². The molecule has 3 aromatic rings. The average Bonchev–Trinajstić information content (AvgIpc) is 2.46. The fourth-order valence-corrected chi connectivity index (χ4v) is 3.22. The molecule has 1 heteroatoms. The molecule has 0 aliphatic heterocycles. The van der Waals surface area contributed by atoms with Crippen LogP contribution >= 0.6 is 0 Å². The molecule has 0 aliphatic carbocycles. The average molecular weight is 289 g/mol. The first kappa shape index (κ1) is 14.6. The molecule has 0 aliphatic rings. The van der Waals surface area contributed by atoms with Gasteiger partial charge in [-0.25, -0.2) is 0 Å². The highest BCUT2D eigenvalue weighted by Crippen LogP contribution is 2.34. The topological polar surface area (TPSA) is 3.24 Å². The highest BCUT2D eigenvalue weighted by Gasteiger charge is 2.16. The molecule has 0 amide bonds.